The van der Waals surface area contributed by atoms with Crippen LogP contribution < -0.4 is 5.56 Å². The van der Waals surface area contributed by atoms with Gasteiger partial charge in [-0.2, -0.15) is 5.10 Å². The van der Waals surface area contributed by atoms with E-state index in [0.717, 1.165) is 15.4 Å². The second-order valence-electron chi connectivity index (χ2n) is 4.43. The molecule has 0 bridgehead atoms. The van der Waals surface area contributed by atoms with Crippen LogP contribution >= 0.6 is 27.5 Å². The van der Waals surface area contributed by atoms with Crippen LogP contribution in [0.25, 0.3) is 10.8 Å². The van der Waals surface area contributed by atoms with Crippen molar-refractivity contribution in [3.8, 4) is 0 Å². The van der Waals surface area contributed by atoms with Crippen molar-refractivity contribution in [3.05, 3.63) is 74.1 Å². The largest absolute Gasteiger partial charge is 0.274 e. The van der Waals surface area contributed by atoms with Crippen molar-refractivity contribution in [2.24, 2.45) is 0 Å². The Hall–Kier alpha value is -1.65. The summed E-state index contributed by atoms with van der Waals surface area (Å²) >= 11 is 9.54. The Bertz CT molecular complexity index is 845. The molecule has 3 rings (SSSR count). The van der Waals surface area contributed by atoms with Gasteiger partial charge >= 0.3 is 0 Å². The van der Waals surface area contributed by atoms with Crippen molar-refractivity contribution < 1.29 is 0 Å². The molecule has 3 nitrogen and oxygen atoms in total. The van der Waals surface area contributed by atoms with Crippen LogP contribution in [0.3, 0.4) is 0 Å². The molecule has 0 spiro atoms. The molecule has 3 aromatic rings. The fraction of sp³-hybridized carbons (Fsp3) is 0.0667. The van der Waals surface area contributed by atoms with E-state index in [4.69, 9.17) is 11.6 Å². The van der Waals surface area contributed by atoms with Crippen molar-refractivity contribution in [3.63, 3.8) is 0 Å². The molecule has 0 radical (unpaired) electrons. The van der Waals surface area contributed by atoms with Gasteiger partial charge in [-0.05, 0) is 23.8 Å². The normalized spacial score (nSPS) is 10.9. The maximum Gasteiger partial charge on any atom is 0.274 e. The number of hydrogen-bond donors (Lipinski definition) is 0. The summed E-state index contributed by atoms with van der Waals surface area (Å²) in [7, 11) is 0. The van der Waals surface area contributed by atoms with Gasteiger partial charge in [0.1, 0.15) is 0 Å². The van der Waals surface area contributed by atoms with Gasteiger partial charge in [-0.1, -0.05) is 51.8 Å². The molecular weight excluding hydrogens is 340 g/mol. The van der Waals surface area contributed by atoms with Gasteiger partial charge in [0.15, 0.2) is 0 Å². The maximum absolute atomic E-state index is 12.4. The van der Waals surface area contributed by atoms with Crippen molar-refractivity contribution in [2.75, 3.05) is 0 Å². The zero-order valence-corrected chi connectivity index (χ0v) is 12.7. The summed E-state index contributed by atoms with van der Waals surface area (Å²) in [6.45, 7) is 0.357. The first kappa shape index (κ1) is 13.3. The summed E-state index contributed by atoms with van der Waals surface area (Å²) in [5, 5.41) is 6.32. The van der Waals surface area contributed by atoms with E-state index in [9.17, 15) is 4.79 Å². The minimum Gasteiger partial charge on any atom is -0.267 e. The highest BCUT2D eigenvalue weighted by atomic mass is 79.9. The van der Waals surface area contributed by atoms with Crippen LogP contribution in [-0.4, -0.2) is 9.78 Å². The number of rotatable bonds is 2. The molecule has 5 heteroatoms. The van der Waals surface area contributed by atoms with E-state index in [1.54, 1.807) is 12.3 Å². The number of benzene rings is 2. The first-order valence-corrected chi connectivity index (χ1v) is 7.21. The van der Waals surface area contributed by atoms with Crippen LogP contribution in [0, 0.1) is 0 Å². The van der Waals surface area contributed by atoms with Crippen LogP contribution in [0.1, 0.15) is 5.56 Å². The molecule has 2 aromatic carbocycles. The zero-order valence-electron chi connectivity index (χ0n) is 10.4. The lowest BCUT2D eigenvalue weighted by Gasteiger charge is -2.08. The lowest BCUT2D eigenvalue weighted by molar-refractivity contribution is 0.647. The summed E-state index contributed by atoms with van der Waals surface area (Å²) in [5.74, 6) is 0. The van der Waals surface area contributed by atoms with Gasteiger partial charge in [0.05, 0.1) is 18.1 Å². The predicted octanol–water partition coefficient (Wildman–Crippen LogP) is 3.86. The van der Waals surface area contributed by atoms with Gasteiger partial charge in [-0.3, -0.25) is 4.79 Å². The molecule has 0 aliphatic rings. The summed E-state index contributed by atoms with van der Waals surface area (Å²) in [4.78, 5) is 12.4. The average molecular weight is 350 g/mol. The summed E-state index contributed by atoms with van der Waals surface area (Å²) in [6.07, 6.45) is 1.70. The van der Waals surface area contributed by atoms with Gasteiger partial charge < -0.3 is 0 Å². The van der Waals surface area contributed by atoms with Crippen LogP contribution in [-0.2, 0) is 6.54 Å². The Labute approximate surface area is 128 Å². The average Bonchev–Trinajstić information content (AvgIpc) is 2.45. The third-order valence-electron chi connectivity index (χ3n) is 3.10. The van der Waals surface area contributed by atoms with E-state index >= 15 is 0 Å². The lowest BCUT2D eigenvalue weighted by Crippen LogP contribution is -2.23. The van der Waals surface area contributed by atoms with Gasteiger partial charge in [0.25, 0.3) is 5.56 Å². The smallest absolute Gasteiger partial charge is 0.267 e. The van der Waals surface area contributed by atoms with Gasteiger partial charge in [0, 0.05) is 14.9 Å². The topological polar surface area (TPSA) is 34.9 Å². The standard InChI is InChI=1S/C15H10BrClN2O/c16-12-6-5-11(14(17)7-12)9-19-15(20)13-4-2-1-3-10(13)8-18-19/h1-8H,9H2. The molecule has 0 saturated carbocycles. The van der Waals surface area contributed by atoms with Crippen molar-refractivity contribution in [1.82, 2.24) is 9.78 Å². The molecule has 0 unspecified atom stereocenters. The number of nitrogens with zero attached hydrogens (tertiary/aromatic N) is 2. The molecule has 1 heterocycles. The number of hydrogen-bond acceptors (Lipinski definition) is 2. The number of aromatic nitrogens is 2. The third-order valence-corrected chi connectivity index (χ3v) is 3.94. The predicted molar refractivity (Wildman–Crippen MR) is 84.3 cm³/mol. The fourth-order valence-electron chi connectivity index (χ4n) is 2.05. The molecule has 0 aliphatic heterocycles. The van der Waals surface area contributed by atoms with Crippen LogP contribution in [0.2, 0.25) is 5.02 Å². The van der Waals surface area contributed by atoms with E-state index in [-0.39, 0.29) is 5.56 Å². The summed E-state index contributed by atoms with van der Waals surface area (Å²) in [5.41, 5.74) is 0.752. The highest BCUT2D eigenvalue weighted by molar-refractivity contribution is 9.10. The monoisotopic (exact) mass is 348 g/mol. The summed E-state index contributed by atoms with van der Waals surface area (Å²) in [6, 6.07) is 13.0. The van der Waals surface area contributed by atoms with E-state index < -0.39 is 0 Å². The quantitative estimate of drug-likeness (QED) is 0.704. The molecule has 0 aliphatic carbocycles. The number of fused-ring (bicyclic) bond motifs is 1. The molecule has 1 aromatic heterocycles. The maximum atomic E-state index is 12.4. The minimum atomic E-state index is -0.109. The molecule has 0 fully saturated rings. The second-order valence-corrected chi connectivity index (χ2v) is 5.75. The molecule has 0 saturated heterocycles. The van der Waals surface area contributed by atoms with Crippen molar-refractivity contribution in [1.29, 1.82) is 0 Å². The molecule has 0 atom stereocenters. The van der Waals surface area contributed by atoms with Crippen molar-refractivity contribution >= 4 is 38.3 Å². The first-order valence-electron chi connectivity index (χ1n) is 6.04. The highest BCUT2D eigenvalue weighted by Crippen LogP contribution is 2.21. The minimum absolute atomic E-state index is 0.109. The van der Waals surface area contributed by atoms with Gasteiger partial charge in [0.2, 0.25) is 0 Å². The van der Waals surface area contributed by atoms with Gasteiger partial charge in [-0.15, -0.1) is 0 Å². The molecule has 0 N–H and O–H groups in total. The van der Waals surface area contributed by atoms with Crippen molar-refractivity contribution in [2.45, 2.75) is 6.54 Å². The zero-order chi connectivity index (χ0) is 14.1. The van der Waals surface area contributed by atoms with Crippen LogP contribution in [0.5, 0.6) is 0 Å². The Morgan fingerprint density at radius 2 is 2.00 bits per heavy atom. The first-order chi connectivity index (χ1) is 9.65. The molecule has 100 valence electrons. The van der Waals surface area contributed by atoms with Crippen LogP contribution in [0.15, 0.2) is 57.9 Å². The molecular formula is C15H10BrClN2O. The molecule has 20 heavy (non-hydrogen) atoms. The summed E-state index contributed by atoms with van der Waals surface area (Å²) < 4.78 is 2.34. The Morgan fingerprint density at radius 1 is 1.20 bits per heavy atom. The van der Waals surface area contributed by atoms with Gasteiger partial charge in [-0.25, -0.2) is 4.68 Å². The Kier molecular flexibility index (Phi) is 3.59. The Balaban J connectivity index is 2.07. The number of halogens is 2. The SMILES string of the molecule is O=c1c2ccccc2cnn1Cc1ccc(Br)cc1Cl. The third kappa shape index (κ3) is 2.49. The highest BCUT2D eigenvalue weighted by Gasteiger charge is 2.07. The lowest BCUT2D eigenvalue weighted by atomic mass is 10.2. The van der Waals surface area contributed by atoms with E-state index in [2.05, 4.69) is 21.0 Å². The fourth-order valence-corrected chi connectivity index (χ4v) is 2.78. The van der Waals surface area contributed by atoms with E-state index in [1.165, 1.54) is 4.68 Å². The Morgan fingerprint density at radius 3 is 2.80 bits per heavy atom. The second kappa shape index (κ2) is 5.38. The van der Waals surface area contributed by atoms with Crippen LogP contribution in [0.4, 0.5) is 0 Å². The molecule has 0 amide bonds. The van der Waals surface area contributed by atoms with E-state index in [0.29, 0.717) is 17.0 Å². The van der Waals surface area contributed by atoms with E-state index in [1.807, 2.05) is 36.4 Å².